The molecule has 2 N–H and O–H groups in total. The highest BCUT2D eigenvalue weighted by molar-refractivity contribution is 5.79. The molecule has 1 aromatic heterocycles. The van der Waals surface area contributed by atoms with Crippen molar-refractivity contribution in [2.75, 3.05) is 51.4 Å². The van der Waals surface area contributed by atoms with Gasteiger partial charge in [-0.15, -0.1) is 0 Å². The van der Waals surface area contributed by atoms with Crippen molar-refractivity contribution < 1.29 is 9.47 Å². The molecular weight excluding hydrogens is 354 g/mol. The molecule has 0 amide bonds. The van der Waals surface area contributed by atoms with Crippen molar-refractivity contribution in [3.8, 4) is 0 Å². The molecule has 0 aliphatic carbocycles. The fourth-order valence-electron chi connectivity index (χ4n) is 3.59. The zero-order chi connectivity index (χ0) is 19.4. The van der Waals surface area contributed by atoms with Gasteiger partial charge >= 0.3 is 0 Å². The van der Waals surface area contributed by atoms with Gasteiger partial charge in [-0.3, -0.25) is 4.99 Å². The van der Waals surface area contributed by atoms with E-state index in [9.17, 15) is 0 Å². The molecule has 0 aromatic carbocycles. The number of rotatable bonds is 8. The molecule has 1 atom stereocenters. The first kappa shape index (κ1) is 20.9. The second kappa shape index (κ2) is 11.9. The highest BCUT2D eigenvalue weighted by Gasteiger charge is 2.15. The number of aliphatic imine (C=N–C) groups is 1. The summed E-state index contributed by atoms with van der Waals surface area (Å²) in [4.78, 5) is 11.4. The molecule has 1 aromatic rings. The molecule has 7 heteroatoms. The van der Waals surface area contributed by atoms with Gasteiger partial charge in [0, 0.05) is 52.6 Å². The van der Waals surface area contributed by atoms with Crippen LogP contribution in [-0.4, -0.2) is 63.6 Å². The highest BCUT2D eigenvalue weighted by atomic mass is 16.5. The van der Waals surface area contributed by atoms with E-state index in [-0.39, 0.29) is 6.10 Å². The van der Waals surface area contributed by atoms with Crippen LogP contribution in [0.15, 0.2) is 23.3 Å². The fourth-order valence-corrected chi connectivity index (χ4v) is 3.59. The summed E-state index contributed by atoms with van der Waals surface area (Å²) >= 11 is 0. The number of aromatic nitrogens is 1. The Balaban J connectivity index is 1.33. The second-order valence-corrected chi connectivity index (χ2v) is 7.49. The number of ether oxygens (including phenoxy) is 2. The predicted octanol–water partition coefficient (Wildman–Crippen LogP) is 2.32. The molecular formula is C21H35N5O2. The van der Waals surface area contributed by atoms with Crippen molar-refractivity contribution in [1.29, 1.82) is 0 Å². The lowest BCUT2D eigenvalue weighted by Crippen LogP contribution is -2.37. The van der Waals surface area contributed by atoms with E-state index in [2.05, 4.69) is 37.6 Å². The molecule has 0 saturated carbocycles. The molecule has 2 aliphatic heterocycles. The van der Waals surface area contributed by atoms with Gasteiger partial charge in [-0.2, -0.15) is 0 Å². The lowest BCUT2D eigenvalue weighted by atomic mass is 10.2. The Morgan fingerprint density at radius 1 is 1.25 bits per heavy atom. The maximum absolute atomic E-state index is 5.78. The van der Waals surface area contributed by atoms with Crippen molar-refractivity contribution in [2.45, 2.75) is 51.2 Å². The Labute approximate surface area is 168 Å². The Hall–Kier alpha value is -1.86. The van der Waals surface area contributed by atoms with Crippen LogP contribution in [0.2, 0.25) is 0 Å². The van der Waals surface area contributed by atoms with Crippen LogP contribution in [-0.2, 0) is 16.0 Å². The zero-order valence-corrected chi connectivity index (χ0v) is 17.2. The summed E-state index contributed by atoms with van der Waals surface area (Å²) in [6.07, 6.45) is 9.43. The van der Waals surface area contributed by atoms with E-state index in [1.54, 1.807) is 7.05 Å². The number of guanidine groups is 1. The van der Waals surface area contributed by atoms with Crippen LogP contribution in [0.1, 0.15) is 44.1 Å². The number of hydrogen-bond donors (Lipinski definition) is 2. The van der Waals surface area contributed by atoms with Gasteiger partial charge in [0.05, 0.1) is 12.7 Å². The van der Waals surface area contributed by atoms with Gasteiger partial charge in [0.25, 0.3) is 0 Å². The Kier molecular flexibility index (Phi) is 8.84. The number of nitrogens with zero attached hydrogens (tertiary/aromatic N) is 3. The number of pyridine rings is 1. The molecule has 3 rings (SSSR count). The first-order chi connectivity index (χ1) is 13.8. The molecule has 2 saturated heterocycles. The van der Waals surface area contributed by atoms with Crippen molar-refractivity contribution in [1.82, 2.24) is 15.6 Å². The van der Waals surface area contributed by atoms with E-state index >= 15 is 0 Å². The topological polar surface area (TPSA) is 71.0 Å². The minimum absolute atomic E-state index is 0.280. The summed E-state index contributed by atoms with van der Waals surface area (Å²) in [5.74, 6) is 1.90. The van der Waals surface area contributed by atoms with Gasteiger partial charge in [-0.25, -0.2) is 4.98 Å². The van der Waals surface area contributed by atoms with Gasteiger partial charge in [0.15, 0.2) is 5.96 Å². The Morgan fingerprint density at radius 2 is 2.11 bits per heavy atom. The Bertz CT molecular complexity index is 579. The molecule has 2 fully saturated rings. The van der Waals surface area contributed by atoms with Crippen LogP contribution < -0.4 is 15.5 Å². The van der Waals surface area contributed by atoms with Gasteiger partial charge in [0.1, 0.15) is 5.82 Å². The Morgan fingerprint density at radius 3 is 2.79 bits per heavy atom. The number of anilines is 1. The zero-order valence-electron chi connectivity index (χ0n) is 17.2. The van der Waals surface area contributed by atoms with E-state index in [0.717, 1.165) is 69.6 Å². The average Bonchev–Trinajstić information content (AvgIpc) is 3.10. The van der Waals surface area contributed by atoms with Gasteiger partial charge in [-0.1, -0.05) is 18.9 Å². The third kappa shape index (κ3) is 6.95. The van der Waals surface area contributed by atoms with E-state index in [0.29, 0.717) is 6.54 Å². The molecule has 156 valence electrons. The predicted molar refractivity (Wildman–Crippen MR) is 113 cm³/mol. The maximum Gasteiger partial charge on any atom is 0.191 e. The highest BCUT2D eigenvalue weighted by Crippen LogP contribution is 2.17. The smallest absolute Gasteiger partial charge is 0.191 e. The minimum Gasteiger partial charge on any atom is -0.379 e. The second-order valence-electron chi connectivity index (χ2n) is 7.49. The van der Waals surface area contributed by atoms with Crippen LogP contribution >= 0.6 is 0 Å². The molecule has 3 heterocycles. The molecule has 2 aliphatic rings. The molecule has 0 radical (unpaired) electrons. The summed E-state index contributed by atoms with van der Waals surface area (Å²) in [5.41, 5.74) is 1.16. The normalized spacial score (nSPS) is 20.8. The van der Waals surface area contributed by atoms with Crippen LogP contribution in [0.5, 0.6) is 0 Å². The SMILES string of the molecule is CN=C(NCCCOC1CCOC1)NCc1ccc(N2CCCCCC2)nc1. The third-order valence-electron chi connectivity index (χ3n) is 5.28. The van der Waals surface area contributed by atoms with Crippen LogP contribution in [0, 0.1) is 0 Å². The van der Waals surface area contributed by atoms with Crippen molar-refractivity contribution in [3.05, 3.63) is 23.9 Å². The molecule has 28 heavy (non-hydrogen) atoms. The largest absolute Gasteiger partial charge is 0.379 e. The van der Waals surface area contributed by atoms with E-state index in [1.807, 2.05) is 6.20 Å². The first-order valence-electron chi connectivity index (χ1n) is 10.7. The quantitative estimate of drug-likeness (QED) is 0.404. The number of nitrogens with one attached hydrogen (secondary N) is 2. The van der Waals surface area contributed by atoms with Gasteiger partial charge in [0.2, 0.25) is 0 Å². The van der Waals surface area contributed by atoms with Crippen molar-refractivity contribution in [2.24, 2.45) is 4.99 Å². The lowest BCUT2D eigenvalue weighted by Gasteiger charge is -2.21. The number of hydrogen-bond acceptors (Lipinski definition) is 5. The summed E-state index contributed by atoms with van der Waals surface area (Å²) in [6.45, 7) is 6.11. The van der Waals surface area contributed by atoms with Crippen LogP contribution in [0.25, 0.3) is 0 Å². The van der Waals surface area contributed by atoms with E-state index < -0.39 is 0 Å². The molecule has 1 unspecified atom stereocenters. The lowest BCUT2D eigenvalue weighted by molar-refractivity contribution is 0.0420. The van der Waals surface area contributed by atoms with Crippen LogP contribution in [0.3, 0.4) is 0 Å². The summed E-state index contributed by atoms with van der Waals surface area (Å²) in [5, 5.41) is 6.69. The standard InChI is InChI=1S/C21H35N5O2/c1-22-21(23-10-6-13-28-19-9-14-27-17-19)25-16-18-7-8-20(24-15-18)26-11-4-2-3-5-12-26/h7-8,15,19H,2-6,9-14,16-17H2,1H3,(H2,22,23,25). The summed E-state index contributed by atoms with van der Waals surface area (Å²) < 4.78 is 11.1. The first-order valence-corrected chi connectivity index (χ1v) is 10.7. The molecule has 0 bridgehead atoms. The van der Waals surface area contributed by atoms with Gasteiger partial charge in [-0.05, 0) is 37.3 Å². The van der Waals surface area contributed by atoms with Gasteiger partial charge < -0.3 is 25.0 Å². The maximum atomic E-state index is 5.78. The van der Waals surface area contributed by atoms with Crippen LogP contribution in [0.4, 0.5) is 5.82 Å². The fraction of sp³-hybridized carbons (Fsp3) is 0.714. The van der Waals surface area contributed by atoms with E-state index in [1.165, 1.54) is 25.7 Å². The minimum atomic E-state index is 0.280. The summed E-state index contributed by atoms with van der Waals surface area (Å²) in [7, 11) is 1.79. The van der Waals surface area contributed by atoms with E-state index in [4.69, 9.17) is 9.47 Å². The third-order valence-corrected chi connectivity index (χ3v) is 5.28. The summed E-state index contributed by atoms with van der Waals surface area (Å²) in [6, 6.07) is 4.30. The van der Waals surface area contributed by atoms with Crippen molar-refractivity contribution in [3.63, 3.8) is 0 Å². The van der Waals surface area contributed by atoms with Crippen molar-refractivity contribution >= 4 is 11.8 Å². The monoisotopic (exact) mass is 389 g/mol. The molecule has 7 nitrogen and oxygen atoms in total. The average molecular weight is 390 g/mol. The molecule has 0 spiro atoms.